The third-order valence-electron chi connectivity index (χ3n) is 25.0. The quantitative estimate of drug-likeness (QED) is 0.0301. The topological polar surface area (TPSA) is 864 Å². The number of ether oxygens (including phenoxy) is 18. The predicted octanol–water partition coefficient (Wildman–Crippen LogP) is -17.5. The molecule has 774 valence electrons. The number of carboxylic acid groups (broad SMARTS) is 1. The molecule has 12 rings (SSSR count). The molecule has 1 aliphatic carbocycles. The number of hydrogen-bond donors (Lipinski definition) is 31. The Kier molecular flexibility index (Phi) is 38.0. The first-order valence-corrected chi connectivity index (χ1v) is 43.7. The Morgan fingerprint density at radius 1 is 0.307 bits per heavy atom. The summed E-state index contributed by atoms with van der Waals surface area (Å²) in [5.74, 6) is -7.28. The summed E-state index contributed by atoms with van der Waals surface area (Å²) in [6, 6.07) is 4.83. The van der Waals surface area contributed by atoms with Gasteiger partial charge in [-0.15, -0.1) is 0 Å². The summed E-state index contributed by atoms with van der Waals surface area (Å²) in [4.78, 5) is 92.2. The van der Waals surface area contributed by atoms with Gasteiger partial charge >= 0.3 is 12.1 Å². The molecular weight excluding hydrogens is 1860 g/mol. The van der Waals surface area contributed by atoms with E-state index in [-0.39, 0.29) is 6.61 Å². The lowest BCUT2D eigenvalue weighted by Gasteiger charge is -2.51. The zero-order valence-corrected chi connectivity index (χ0v) is 73.4. The second-order valence-electron chi connectivity index (χ2n) is 34.3. The SMILES string of the molecule is CC(=O)NC1C(O)[C@H](O[C@@H]2OC(CO)[C@H](O)[C@H](O)C2O)[C@H](CO)O[C@H]1OC1[C@@H](OCC2O[C@@H](O[C@@H]3C(CO)O[C@@H](O[C@@H]4C(CO)O[C@@H](NC(=O)CC(NC(=O)OCC5c6ccccc6-c6ccccc65)C(=O)O)C(NC(C)=O)[C@H]4O)C(NC(C)=O)[C@H]3O)C(O)[C@@H](O[C@H]3O[C@H](CO)[C@@H](O)C(O)C3O[C@@H]3OC(CO)[C@@H](O[C@@H]4OC(CO)[C@H](O)[C@H](O)C4O)[C@H](O)C3NC(C)=O)[C@@H]2O)OC(CO)[C@@H](O)[C@@H]1O. The zero-order valence-electron chi connectivity index (χ0n) is 73.4. The minimum absolute atomic E-state index is 0.261. The van der Waals surface area contributed by atoms with Crippen molar-refractivity contribution in [3.05, 3.63) is 59.7 Å². The van der Waals surface area contributed by atoms with Gasteiger partial charge in [0.05, 0.1) is 65.9 Å². The molecule has 9 saturated heterocycles. The fourth-order valence-corrected chi connectivity index (χ4v) is 18.0. The lowest BCUT2D eigenvalue weighted by molar-refractivity contribution is -0.398. The van der Waals surface area contributed by atoms with Crippen molar-refractivity contribution in [3.63, 3.8) is 0 Å². The maximum atomic E-state index is 13.9. The number of alkyl carbamates (subject to hydrolysis) is 1. The smallest absolute Gasteiger partial charge is 0.407 e. The van der Waals surface area contributed by atoms with E-state index in [1.165, 1.54) is 0 Å². The second kappa shape index (κ2) is 47.9. The van der Waals surface area contributed by atoms with Gasteiger partial charge in [0.2, 0.25) is 29.5 Å². The highest BCUT2D eigenvalue weighted by atomic mass is 16.8. The molecule has 10 aliphatic rings. The molecule has 6 amide bonds. The molecule has 56 nitrogen and oxygen atoms in total. The van der Waals surface area contributed by atoms with Gasteiger partial charge in [0.15, 0.2) is 56.5 Å². The van der Waals surface area contributed by atoms with Crippen molar-refractivity contribution in [1.29, 1.82) is 0 Å². The Labute approximate surface area is 776 Å². The number of nitrogens with one attached hydrogen (secondary N) is 6. The summed E-state index contributed by atoms with van der Waals surface area (Å²) in [5, 5.41) is 295. The van der Waals surface area contributed by atoms with Gasteiger partial charge < -0.3 is 245 Å². The standard InChI is InChI=1S/C81H120N6O50/c1-24(96)82-44-53(106)64(38(18-92)122-71(44)87-43(100)13-33(72(117)118)86-81(119)121-22-32-30-11-7-5-9-28(30)29-10-6-8-12-31(29)32)131-73-45(83-25(2)97)54(107)67(41(21-95)127-73)134-78-63(116)68(135-80-70(60(113)51(104)37(17-91)126-80)137-75-47(85-27(4)99)56(109)66(40(20-94)129-75)133-77-62(115)58(111)49(102)35(15-89)124-77)52(105)42(130-78)23-120-79-69(59(112)50(103)36(16-90)125-79)136-74-46(84-26(3)98)55(108)65(39(19-93)128-74)132-76-61(114)57(110)48(101)34(14-88)123-76/h5-12,32-42,44-71,73-80,88-95,101-116H,13-23H2,1-4H3,(H,82,96)(H,83,97)(H,84,98)(H,85,99)(H,86,119)(H,87,100)(H,117,118)/t33?,34?,35?,36?,37-,38?,39+,40?,41?,42?,44?,45?,46?,47?,48+,49+,50-,51-,52-,53-,54-,55?,56-,57+,58+,59+,60?,61?,62?,63?,64-,65-,66-,67-,68+,69?,70?,71-,73+,74+,75+,76+,77+,78+,79+,80-/m1/s1. The van der Waals surface area contributed by atoms with Crippen molar-refractivity contribution in [2.45, 2.75) is 322 Å². The number of carbonyl (C=O) groups is 7. The van der Waals surface area contributed by atoms with Gasteiger partial charge in [-0.3, -0.25) is 24.0 Å². The van der Waals surface area contributed by atoms with Crippen LogP contribution >= 0.6 is 0 Å². The van der Waals surface area contributed by atoms with E-state index in [2.05, 4.69) is 31.9 Å². The van der Waals surface area contributed by atoms with E-state index in [1.54, 1.807) is 12.1 Å². The molecule has 31 N–H and O–H groups in total. The molecule has 2 aromatic carbocycles. The Bertz CT molecular complexity index is 4250. The highest BCUT2D eigenvalue weighted by molar-refractivity contribution is 5.87. The molecular formula is C81H120N6O50. The molecule has 0 aromatic heterocycles. The summed E-state index contributed by atoms with van der Waals surface area (Å²) in [7, 11) is 0. The first-order valence-electron chi connectivity index (χ1n) is 43.7. The van der Waals surface area contributed by atoms with Crippen LogP contribution in [0.2, 0.25) is 0 Å². The van der Waals surface area contributed by atoms with E-state index in [4.69, 9.17) is 85.3 Å². The third kappa shape index (κ3) is 24.2. The molecule has 0 radical (unpaired) electrons. The fourth-order valence-electron chi connectivity index (χ4n) is 18.0. The summed E-state index contributed by atoms with van der Waals surface area (Å²) in [6.45, 7) is -6.91. The number of aliphatic hydroxyl groups is 24. The Morgan fingerprint density at radius 2 is 0.620 bits per heavy atom. The normalized spacial score (nSPS) is 42.6. The first kappa shape index (κ1) is 109. The van der Waals surface area contributed by atoms with Crippen LogP contribution in [0.25, 0.3) is 11.1 Å². The molecule has 0 bridgehead atoms. The van der Waals surface area contributed by atoms with E-state index < -0.39 is 395 Å². The highest BCUT2D eigenvalue weighted by Gasteiger charge is 2.62. The van der Waals surface area contributed by atoms with Crippen LogP contribution in [0.4, 0.5) is 4.79 Å². The molecule has 9 aliphatic heterocycles. The van der Waals surface area contributed by atoms with Crippen LogP contribution in [-0.2, 0) is 114 Å². The number of carbonyl (C=O) groups excluding carboxylic acids is 6. The van der Waals surface area contributed by atoms with Crippen LogP contribution in [-0.4, -0.2) is 517 Å². The lowest BCUT2D eigenvalue weighted by atomic mass is 9.93. The third-order valence-corrected chi connectivity index (χ3v) is 25.0. The van der Waals surface area contributed by atoms with Gasteiger partial charge in [-0.1, -0.05) is 48.5 Å². The average molecular weight is 1980 g/mol. The summed E-state index contributed by atoms with van der Waals surface area (Å²) in [6.07, 6.45) is -90.0. The molecule has 19 unspecified atom stereocenters. The number of hydrogen-bond acceptors (Lipinski definition) is 49. The number of carboxylic acids is 1. The number of aliphatic hydroxyl groups excluding tert-OH is 24. The van der Waals surface area contributed by atoms with E-state index in [0.29, 0.717) is 0 Å². The highest BCUT2D eigenvalue weighted by Crippen LogP contribution is 2.46. The number of fused-ring (bicyclic) bond motifs is 3. The lowest BCUT2D eigenvalue weighted by Crippen LogP contribution is -2.72. The zero-order chi connectivity index (χ0) is 99.9. The second-order valence-corrected chi connectivity index (χ2v) is 34.3. The van der Waals surface area contributed by atoms with Crippen LogP contribution in [0, 0.1) is 0 Å². The summed E-state index contributed by atoms with van der Waals surface area (Å²) < 4.78 is 108. The van der Waals surface area contributed by atoms with Gasteiger partial charge in [0, 0.05) is 33.6 Å². The van der Waals surface area contributed by atoms with Crippen LogP contribution in [0.5, 0.6) is 0 Å². The molecule has 0 spiro atoms. The summed E-state index contributed by atoms with van der Waals surface area (Å²) >= 11 is 0. The van der Waals surface area contributed by atoms with Gasteiger partial charge in [0.25, 0.3) is 0 Å². The van der Waals surface area contributed by atoms with Crippen molar-refractivity contribution in [2.24, 2.45) is 0 Å². The molecule has 56 heteroatoms. The molecule has 0 saturated carbocycles. The van der Waals surface area contributed by atoms with Gasteiger partial charge in [0.1, 0.15) is 232 Å². The van der Waals surface area contributed by atoms with Gasteiger partial charge in [-0.25, -0.2) is 9.59 Å². The number of rotatable bonds is 36. The molecule has 46 atom stereocenters. The van der Waals surface area contributed by atoms with Gasteiger partial charge in [-0.2, -0.15) is 0 Å². The number of aliphatic carboxylic acids is 1. The van der Waals surface area contributed by atoms with Crippen LogP contribution in [0.3, 0.4) is 0 Å². The minimum atomic E-state index is -2.65. The first-order chi connectivity index (χ1) is 65.1. The summed E-state index contributed by atoms with van der Waals surface area (Å²) in [5.41, 5.74) is 3.41. The van der Waals surface area contributed by atoms with Crippen molar-refractivity contribution in [2.75, 3.05) is 66.1 Å². The monoisotopic (exact) mass is 1980 g/mol. The molecule has 9 fully saturated rings. The van der Waals surface area contributed by atoms with Crippen molar-refractivity contribution >= 4 is 41.6 Å². The minimum Gasteiger partial charge on any atom is -0.480 e. The van der Waals surface area contributed by atoms with Crippen LogP contribution < -0.4 is 31.9 Å². The fraction of sp³-hybridized carbons (Fsp3) is 0.765. The number of benzene rings is 2. The Morgan fingerprint density at radius 3 is 1.01 bits per heavy atom. The van der Waals surface area contributed by atoms with Gasteiger partial charge in [-0.05, 0) is 22.3 Å². The number of amides is 6. The maximum Gasteiger partial charge on any atom is 0.407 e. The molecule has 2 aromatic rings. The van der Waals surface area contributed by atoms with Crippen LogP contribution in [0.15, 0.2) is 48.5 Å². The van der Waals surface area contributed by atoms with E-state index in [0.717, 1.165) is 49.9 Å². The Balaban J connectivity index is 0.821. The van der Waals surface area contributed by atoms with E-state index in [1.807, 2.05) is 36.4 Å². The largest absolute Gasteiger partial charge is 0.480 e. The van der Waals surface area contributed by atoms with Crippen LogP contribution in [0.1, 0.15) is 51.2 Å². The molecule has 9 heterocycles. The molecule has 137 heavy (non-hydrogen) atoms. The Hall–Kier alpha value is -7.11. The van der Waals surface area contributed by atoms with E-state index in [9.17, 15) is 161 Å². The van der Waals surface area contributed by atoms with Crippen molar-refractivity contribution in [1.82, 2.24) is 31.9 Å². The van der Waals surface area contributed by atoms with Crippen molar-refractivity contribution in [3.8, 4) is 11.1 Å². The van der Waals surface area contributed by atoms with E-state index >= 15 is 0 Å². The van der Waals surface area contributed by atoms with Crippen molar-refractivity contribution < 1.29 is 246 Å². The maximum absolute atomic E-state index is 13.9. The average Bonchev–Trinajstić information content (AvgIpc) is 1.74. The predicted molar refractivity (Wildman–Crippen MR) is 434 cm³/mol.